The molecule has 0 atom stereocenters. The van der Waals surface area contributed by atoms with Crippen LogP contribution in [0.25, 0.3) is 0 Å². The Morgan fingerprint density at radius 2 is 1.53 bits per heavy atom. The molecule has 1 fully saturated rings. The Balaban J connectivity index is 1.54. The number of hydrogen-bond acceptors (Lipinski definition) is 5. The van der Waals surface area contributed by atoms with Crippen LogP contribution in [0.2, 0.25) is 5.02 Å². The number of halogens is 1. The molecule has 1 heterocycles. The summed E-state index contributed by atoms with van der Waals surface area (Å²) in [5.74, 6) is 0.295. The summed E-state index contributed by atoms with van der Waals surface area (Å²) in [4.78, 5) is 17.2. The first kappa shape index (κ1) is 23.9. The fourth-order valence-corrected chi connectivity index (χ4v) is 5.41. The highest BCUT2D eigenvalue weighted by atomic mass is 35.5. The van der Waals surface area contributed by atoms with Crippen molar-refractivity contribution in [1.29, 1.82) is 0 Å². The molecule has 3 aromatic rings. The first-order valence-corrected chi connectivity index (χ1v) is 12.7. The highest BCUT2D eigenvalue weighted by molar-refractivity contribution is 7.92. The van der Waals surface area contributed by atoms with Gasteiger partial charge in [-0.1, -0.05) is 29.8 Å². The molecule has 0 bridgehead atoms. The second kappa shape index (κ2) is 10.4. The van der Waals surface area contributed by atoms with E-state index in [1.54, 1.807) is 41.3 Å². The molecular formula is C25H26ClN3O4S. The predicted molar refractivity (Wildman–Crippen MR) is 134 cm³/mol. The summed E-state index contributed by atoms with van der Waals surface area (Å²) in [6.07, 6.45) is 0. The minimum absolute atomic E-state index is 0.0740. The van der Waals surface area contributed by atoms with E-state index in [1.165, 1.54) is 19.2 Å². The molecule has 0 unspecified atom stereocenters. The molecule has 178 valence electrons. The Labute approximate surface area is 205 Å². The van der Waals surface area contributed by atoms with Gasteiger partial charge in [0.1, 0.15) is 12.3 Å². The molecule has 1 saturated heterocycles. The average Bonchev–Trinajstić information content (AvgIpc) is 2.88. The van der Waals surface area contributed by atoms with E-state index in [4.69, 9.17) is 16.3 Å². The standard InChI is InChI=1S/C25H26ClN3O4S/c1-33-23-11-13-24(14-12-23)34(31,32)29(22-9-7-20(26)8-10-22)19-25(30)28-17-15-27(16-18-28)21-5-3-2-4-6-21/h2-14H,15-19H2,1H3. The second-order valence-electron chi connectivity index (χ2n) is 7.87. The smallest absolute Gasteiger partial charge is 0.264 e. The van der Waals surface area contributed by atoms with Crippen molar-refractivity contribution in [2.24, 2.45) is 0 Å². The number of anilines is 2. The number of nitrogens with zero attached hydrogens (tertiary/aromatic N) is 3. The van der Waals surface area contributed by atoms with Gasteiger partial charge in [-0.25, -0.2) is 8.42 Å². The van der Waals surface area contributed by atoms with E-state index >= 15 is 0 Å². The van der Waals surface area contributed by atoms with E-state index < -0.39 is 10.0 Å². The van der Waals surface area contributed by atoms with Crippen molar-refractivity contribution in [3.05, 3.63) is 83.9 Å². The minimum Gasteiger partial charge on any atom is -0.497 e. The number of para-hydroxylation sites is 1. The van der Waals surface area contributed by atoms with E-state index in [1.807, 2.05) is 30.3 Å². The number of methoxy groups -OCH3 is 1. The van der Waals surface area contributed by atoms with Crippen LogP contribution in [0.3, 0.4) is 0 Å². The van der Waals surface area contributed by atoms with Crippen molar-refractivity contribution in [3.8, 4) is 5.75 Å². The fourth-order valence-electron chi connectivity index (χ4n) is 3.87. The van der Waals surface area contributed by atoms with E-state index in [-0.39, 0.29) is 17.3 Å². The van der Waals surface area contributed by atoms with Gasteiger partial charge in [0.2, 0.25) is 5.91 Å². The maximum absolute atomic E-state index is 13.5. The molecule has 0 aromatic heterocycles. The van der Waals surface area contributed by atoms with Gasteiger partial charge >= 0.3 is 0 Å². The van der Waals surface area contributed by atoms with Crippen molar-refractivity contribution in [2.75, 3.05) is 49.0 Å². The second-order valence-corrected chi connectivity index (χ2v) is 10.2. The first-order chi connectivity index (χ1) is 16.4. The molecule has 4 rings (SSSR count). The van der Waals surface area contributed by atoms with Crippen LogP contribution in [0.1, 0.15) is 0 Å². The van der Waals surface area contributed by atoms with Crippen LogP contribution < -0.4 is 13.9 Å². The number of sulfonamides is 1. The third-order valence-electron chi connectivity index (χ3n) is 5.79. The molecule has 3 aromatic carbocycles. The van der Waals surface area contributed by atoms with Crippen LogP contribution in [0.15, 0.2) is 83.8 Å². The lowest BCUT2D eigenvalue weighted by Gasteiger charge is -2.37. The lowest BCUT2D eigenvalue weighted by Crippen LogP contribution is -2.52. The van der Waals surface area contributed by atoms with Crippen LogP contribution in [0, 0.1) is 0 Å². The van der Waals surface area contributed by atoms with Crippen LogP contribution in [-0.4, -0.2) is 59.1 Å². The SMILES string of the molecule is COc1ccc(S(=O)(=O)N(CC(=O)N2CCN(c3ccccc3)CC2)c2ccc(Cl)cc2)cc1. The largest absolute Gasteiger partial charge is 0.497 e. The third kappa shape index (κ3) is 5.29. The lowest BCUT2D eigenvalue weighted by molar-refractivity contribution is -0.129. The Bertz CT molecular complexity index is 1210. The van der Waals surface area contributed by atoms with Gasteiger partial charge in [0.15, 0.2) is 0 Å². The normalized spacial score (nSPS) is 14.1. The van der Waals surface area contributed by atoms with Gasteiger partial charge in [-0.2, -0.15) is 0 Å². The zero-order chi connectivity index (χ0) is 24.1. The minimum atomic E-state index is -4.00. The molecule has 0 radical (unpaired) electrons. The predicted octanol–water partition coefficient (Wildman–Crippen LogP) is 3.89. The number of amides is 1. The van der Waals surface area contributed by atoms with E-state index in [0.717, 1.165) is 9.99 Å². The van der Waals surface area contributed by atoms with Gasteiger partial charge in [0.05, 0.1) is 17.7 Å². The molecule has 9 heteroatoms. The molecule has 7 nitrogen and oxygen atoms in total. The summed E-state index contributed by atoms with van der Waals surface area (Å²) < 4.78 is 33.4. The lowest BCUT2D eigenvalue weighted by atomic mass is 10.2. The van der Waals surface area contributed by atoms with Crippen LogP contribution in [0.5, 0.6) is 5.75 Å². The van der Waals surface area contributed by atoms with Crippen LogP contribution >= 0.6 is 11.6 Å². The molecule has 0 spiro atoms. The summed E-state index contributed by atoms with van der Waals surface area (Å²) >= 11 is 6.01. The van der Waals surface area contributed by atoms with Gasteiger partial charge in [-0.15, -0.1) is 0 Å². The number of rotatable bonds is 7. The van der Waals surface area contributed by atoms with Gasteiger partial charge in [-0.05, 0) is 60.7 Å². The van der Waals surface area contributed by atoms with Crippen molar-refractivity contribution < 1.29 is 17.9 Å². The quantitative estimate of drug-likeness (QED) is 0.493. The Hall–Kier alpha value is -3.23. The van der Waals surface area contributed by atoms with E-state index in [0.29, 0.717) is 42.6 Å². The van der Waals surface area contributed by atoms with Crippen LogP contribution in [-0.2, 0) is 14.8 Å². The van der Waals surface area contributed by atoms with E-state index in [2.05, 4.69) is 4.90 Å². The summed E-state index contributed by atoms with van der Waals surface area (Å²) in [6.45, 7) is 2.10. The van der Waals surface area contributed by atoms with Gasteiger partial charge in [-0.3, -0.25) is 9.10 Å². The maximum atomic E-state index is 13.5. The zero-order valence-electron chi connectivity index (χ0n) is 18.8. The van der Waals surface area contributed by atoms with Gasteiger partial charge in [0.25, 0.3) is 10.0 Å². The third-order valence-corrected chi connectivity index (χ3v) is 7.83. The van der Waals surface area contributed by atoms with E-state index in [9.17, 15) is 13.2 Å². The van der Waals surface area contributed by atoms with Crippen molar-refractivity contribution in [1.82, 2.24) is 4.90 Å². The monoisotopic (exact) mass is 499 g/mol. The number of piperazine rings is 1. The number of hydrogen-bond donors (Lipinski definition) is 0. The van der Waals surface area contributed by atoms with Crippen molar-refractivity contribution >= 4 is 38.9 Å². The highest BCUT2D eigenvalue weighted by Gasteiger charge is 2.30. The molecule has 0 saturated carbocycles. The summed E-state index contributed by atoms with van der Waals surface area (Å²) in [7, 11) is -2.49. The Morgan fingerprint density at radius 1 is 0.912 bits per heavy atom. The molecule has 1 aliphatic heterocycles. The summed E-state index contributed by atoms with van der Waals surface area (Å²) in [5, 5.41) is 0.480. The number of benzene rings is 3. The number of carbonyl (C=O) groups excluding carboxylic acids is 1. The van der Waals surface area contributed by atoms with Crippen molar-refractivity contribution in [3.63, 3.8) is 0 Å². The molecule has 34 heavy (non-hydrogen) atoms. The fraction of sp³-hybridized carbons (Fsp3) is 0.240. The molecule has 1 aliphatic rings. The maximum Gasteiger partial charge on any atom is 0.264 e. The number of carbonyl (C=O) groups is 1. The van der Waals surface area contributed by atoms with Gasteiger partial charge in [0, 0.05) is 36.9 Å². The average molecular weight is 500 g/mol. The Kier molecular flexibility index (Phi) is 7.29. The highest BCUT2D eigenvalue weighted by Crippen LogP contribution is 2.27. The zero-order valence-corrected chi connectivity index (χ0v) is 20.4. The molecule has 0 N–H and O–H groups in total. The van der Waals surface area contributed by atoms with Gasteiger partial charge < -0.3 is 14.5 Å². The summed E-state index contributed by atoms with van der Waals surface area (Å²) in [6, 6.07) is 22.6. The topological polar surface area (TPSA) is 70.2 Å². The Morgan fingerprint density at radius 3 is 2.12 bits per heavy atom. The molecule has 1 amide bonds. The number of ether oxygens (including phenoxy) is 1. The van der Waals surface area contributed by atoms with Crippen LogP contribution in [0.4, 0.5) is 11.4 Å². The first-order valence-electron chi connectivity index (χ1n) is 10.9. The van der Waals surface area contributed by atoms with Crippen molar-refractivity contribution in [2.45, 2.75) is 4.90 Å². The summed E-state index contributed by atoms with van der Waals surface area (Å²) in [5.41, 5.74) is 1.48. The molecule has 0 aliphatic carbocycles. The molecular weight excluding hydrogens is 474 g/mol.